The highest BCUT2D eigenvalue weighted by Gasteiger charge is 2.25. The standard InChI is InChI=1S/C21H33N3O/c1-18(16-23-11-5-6-12-23)15-22-21(25)20-9-13-24(14-10-20)17-19-7-3-2-4-8-19/h2-4,7-8,18,20H,5-6,9-17H2,1H3,(H,22,25)/t18-/m1/s1. The fraction of sp³-hybridized carbons (Fsp3) is 0.667. The summed E-state index contributed by atoms with van der Waals surface area (Å²) in [5.74, 6) is 1.01. The van der Waals surface area contributed by atoms with Crippen LogP contribution in [0.25, 0.3) is 0 Å². The maximum absolute atomic E-state index is 12.5. The lowest BCUT2D eigenvalue weighted by molar-refractivity contribution is -0.126. The zero-order chi connectivity index (χ0) is 17.5. The fourth-order valence-electron chi connectivity index (χ4n) is 4.08. The largest absolute Gasteiger partial charge is 0.356 e. The maximum Gasteiger partial charge on any atom is 0.223 e. The molecule has 1 aromatic rings. The average Bonchev–Trinajstić information content (AvgIpc) is 3.14. The number of rotatable bonds is 7. The number of carbonyl (C=O) groups is 1. The third-order valence-corrected chi connectivity index (χ3v) is 5.60. The Morgan fingerprint density at radius 1 is 1.08 bits per heavy atom. The number of piperidine rings is 1. The molecule has 0 aliphatic carbocycles. The van der Waals surface area contributed by atoms with Gasteiger partial charge in [0.25, 0.3) is 0 Å². The summed E-state index contributed by atoms with van der Waals surface area (Å²) in [6, 6.07) is 10.6. The van der Waals surface area contributed by atoms with E-state index >= 15 is 0 Å². The summed E-state index contributed by atoms with van der Waals surface area (Å²) in [5, 5.41) is 3.21. The number of amides is 1. The average molecular weight is 344 g/mol. The number of hydrogen-bond donors (Lipinski definition) is 1. The summed E-state index contributed by atoms with van der Waals surface area (Å²) < 4.78 is 0. The van der Waals surface area contributed by atoms with Crippen molar-refractivity contribution in [1.29, 1.82) is 0 Å². The lowest BCUT2D eigenvalue weighted by atomic mass is 9.95. The molecule has 138 valence electrons. The molecule has 1 atom stereocenters. The number of nitrogens with zero attached hydrogens (tertiary/aromatic N) is 2. The summed E-state index contributed by atoms with van der Waals surface area (Å²) in [6.45, 7) is 9.71. The molecule has 0 radical (unpaired) electrons. The number of nitrogens with one attached hydrogen (secondary N) is 1. The van der Waals surface area contributed by atoms with Gasteiger partial charge in [-0.05, 0) is 63.3 Å². The van der Waals surface area contributed by atoms with Crippen LogP contribution in [-0.2, 0) is 11.3 Å². The predicted octanol–water partition coefficient (Wildman–Crippen LogP) is 2.75. The van der Waals surface area contributed by atoms with Crippen LogP contribution >= 0.6 is 0 Å². The molecular formula is C21H33N3O. The van der Waals surface area contributed by atoms with E-state index in [1.165, 1.54) is 31.5 Å². The van der Waals surface area contributed by atoms with Gasteiger partial charge < -0.3 is 10.2 Å². The minimum absolute atomic E-state index is 0.200. The molecule has 1 aromatic carbocycles. The van der Waals surface area contributed by atoms with Crippen molar-refractivity contribution in [2.45, 2.75) is 39.2 Å². The lowest BCUT2D eigenvalue weighted by Crippen LogP contribution is -2.42. The van der Waals surface area contributed by atoms with E-state index < -0.39 is 0 Å². The Morgan fingerprint density at radius 3 is 2.44 bits per heavy atom. The van der Waals surface area contributed by atoms with Gasteiger partial charge in [0.05, 0.1) is 0 Å². The Balaban J connectivity index is 1.33. The van der Waals surface area contributed by atoms with Gasteiger partial charge in [0.1, 0.15) is 0 Å². The molecule has 0 spiro atoms. The van der Waals surface area contributed by atoms with Crippen molar-refractivity contribution in [2.75, 3.05) is 39.3 Å². The van der Waals surface area contributed by atoms with E-state index in [9.17, 15) is 4.79 Å². The molecule has 0 saturated carbocycles. The molecule has 25 heavy (non-hydrogen) atoms. The van der Waals surface area contributed by atoms with Gasteiger partial charge in [0.15, 0.2) is 0 Å². The molecule has 4 nitrogen and oxygen atoms in total. The minimum atomic E-state index is 0.200. The highest BCUT2D eigenvalue weighted by Crippen LogP contribution is 2.19. The van der Waals surface area contributed by atoms with Gasteiger partial charge in [-0.3, -0.25) is 9.69 Å². The van der Waals surface area contributed by atoms with Crippen molar-refractivity contribution in [3.05, 3.63) is 35.9 Å². The molecule has 3 rings (SSSR count). The van der Waals surface area contributed by atoms with Crippen molar-refractivity contribution in [2.24, 2.45) is 11.8 Å². The molecule has 1 amide bonds. The van der Waals surface area contributed by atoms with E-state index in [2.05, 4.69) is 52.4 Å². The summed E-state index contributed by atoms with van der Waals surface area (Å²) in [5.41, 5.74) is 1.36. The van der Waals surface area contributed by atoms with Crippen LogP contribution in [0.3, 0.4) is 0 Å². The number of hydrogen-bond acceptors (Lipinski definition) is 3. The molecule has 0 bridgehead atoms. The first-order valence-corrected chi connectivity index (χ1v) is 9.97. The molecule has 2 fully saturated rings. The Labute approximate surface area is 152 Å². The topological polar surface area (TPSA) is 35.6 Å². The van der Waals surface area contributed by atoms with Gasteiger partial charge in [0, 0.05) is 25.6 Å². The molecule has 1 N–H and O–H groups in total. The molecular weight excluding hydrogens is 310 g/mol. The van der Waals surface area contributed by atoms with Gasteiger partial charge in [-0.2, -0.15) is 0 Å². The van der Waals surface area contributed by atoms with Crippen molar-refractivity contribution in [3.8, 4) is 0 Å². The zero-order valence-electron chi connectivity index (χ0n) is 15.6. The van der Waals surface area contributed by atoms with Gasteiger partial charge in [-0.15, -0.1) is 0 Å². The van der Waals surface area contributed by atoms with Crippen LogP contribution in [0.1, 0.15) is 38.2 Å². The Kier molecular flexibility index (Phi) is 6.88. The monoisotopic (exact) mass is 343 g/mol. The molecule has 0 aromatic heterocycles. The molecule has 4 heteroatoms. The second-order valence-electron chi connectivity index (χ2n) is 7.89. The van der Waals surface area contributed by atoms with Gasteiger partial charge in [0.2, 0.25) is 5.91 Å². The van der Waals surface area contributed by atoms with Crippen LogP contribution in [0.4, 0.5) is 0 Å². The van der Waals surface area contributed by atoms with Gasteiger partial charge >= 0.3 is 0 Å². The van der Waals surface area contributed by atoms with Gasteiger partial charge in [-0.1, -0.05) is 37.3 Å². The summed E-state index contributed by atoms with van der Waals surface area (Å²) in [4.78, 5) is 17.5. The molecule has 2 aliphatic rings. The van der Waals surface area contributed by atoms with E-state index in [0.29, 0.717) is 5.92 Å². The van der Waals surface area contributed by atoms with Crippen LogP contribution < -0.4 is 5.32 Å². The second-order valence-corrected chi connectivity index (χ2v) is 7.89. The second kappa shape index (κ2) is 9.35. The first-order valence-electron chi connectivity index (χ1n) is 9.97. The molecule has 2 heterocycles. The van der Waals surface area contributed by atoms with Crippen molar-refractivity contribution >= 4 is 5.91 Å². The SMILES string of the molecule is C[C@H](CNC(=O)C1CCN(Cc2ccccc2)CC1)CN1CCCC1. The minimum Gasteiger partial charge on any atom is -0.356 e. The fourth-order valence-corrected chi connectivity index (χ4v) is 4.08. The van der Waals surface area contributed by atoms with Gasteiger partial charge in [-0.25, -0.2) is 0 Å². The summed E-state index contributed by atoms with van der Waals surface area (Å²) in [7, 11) is 0. The summed E-state index contributed by atoms with van der Waals surface area (Å²) in [6.07, 6.45) is 4.64. The van der Waals surface area contributed by atoms with Crippen molar-refractivity contribution in [3.63, 3.8) is 0 Å². The smallest absolute Gasteiger partial charge is 0.223 e. The number of benzene rings is 1. The highest BCUT2D eigenvalue weighted by molar-refractivity contribution is 5.78. The van der Waals surface area contributed by atoms with Crippen molar-refractivity contribution < 1.29 is 4.79 Å². The number of carbonyl (C=O) groups excluding carboxylic acids is 1. The third-order valence-electron chi connectivity index (χ3n) is 5.60. The van der Waals surface area contributed by atoms with E-state index in [4.69, 9.17) is 0 Å². The zero-order valence-corrected chi connectivity index (χ0v) is 15.6. The predicted molar refractivity (Wildman–Crippen MR) is 102 cm³/mol. The first-order chi connectivity index (χ1) is 12.2. The van der Waals surface area contributed by atoms with E-state index in [1.807, 2.05) is 0 Å². The quantitative estimate of drug-likeness (QED) is 0.827. The Morgan fingerprint density at radius 2 is 1.76 bits per heavy atom. The van der Waals surface area contributed by atoms with Crippen LogP contribution in [0.15, 0.2) is 30.3 Å². The molecule has 2 saturated heterocycles. The maximum atomic E-state index is 12.5. The Hall–Kier alpha value is -1.39. The normalized spacial score (nSPS) is 21.3. The Bertz CT molecular complexity index is 519. The molecule has 2 aliphatic heterocycles. The van der Waals surface area contributed by atoms with E-state index in [-0.39, 0.29) is 11.8 Å². The van der Waals surface area contributed by atoms with Crippen LogP contribution in [-0.4, -0.2) is 55.0 Å². The van der Waals surface area contributed by atoms with E-state index in [1.54, 1.807) is 0 Å². The summed E-state index contributed by atoms with van der Waals surface area (Å²) >= 11 is 0. The molecule has 0 unspecified atom stereocenters. The first kappa shape index (κ1) is 18.4. The lowest BCUT2D eigenvalue weighted by Gasteiger charge is -2.31. The third kappa shape index (κ3) is 5.82. The highest BCUT2D eigenvalue weighted by atomic mass is 16.1. The van der Waals surface area contributed by atoms with E-state index in [0.717, 1.165) is 45.6 Å². The van der Waals surface area contributed by atoms with Crippen LogP contribution in [0.2, 0.25) is 0 Å². The number of likely N-dealkylation sites (tertiary alicyclic amines) is 2. The van der Waals surface area contributed by atoms with Crippen LogP contribution in [0.5, 0.6) is 0 Å². The van der Waals surface area contributed by atoms with Crippen molar-refractivity contribution in [1.82, 2.24) is 15.1 Å². The van der Waals surface area contributed by atoms with Crippen LogP contribution in [0, 0.1) is 11.8 Å².